The summed E-state index contributed by atoms with van der Waals surface area (Å²) in [6.45, 7) is 15.6. The first kappa shape index (κ1) is 14.7. The fourth-order valence-electron chi connectivity index (χ4n) is 1.99. The molecule has 0 fully saturated rings. The Morgan fingerprint density at radius 3 is 2.00 bits per heavy atom. The Kier molecular flexibility index (Phi) is 7.82. The molecule has 0 rings (SSSR count). The van der Waals surface area contributed by atoms with Crippen molar-refractivity contribution in [3.63, 3.8) is 0 Å². The Balaban J connectivity index is 4.00. The molecule has 0 saturated heterocycles. The third-order valence-corrected chi connectivity index (χ3v) is 4.05. The second-order valence-electron chi connectivity index (χ2n) is 5.47. The van der Waals surface area contributed by atoms with Crippen LogP contribution in [-0.4, -0.2) is 0 Å². The van der Waals surface area contributed by atoms with Crippen LogP contribution in [-0.2, 0) is 0 Å². The van der Waals surface area contributed by atoms with E-state index in [-0.39, 0.29) is 0 Å². The molecule has 90 valence electrons. The summed E-state index contributed by atoms with van der Waals surface area (Å²) >= 11 is 0. The average Bonchev–Trinajstić information content (AvgIpc) is 2.22. The molecule has 0 heteroatoms. The third kappa shape index (κ3) is 6.02. The van der Waals surface area contributed by atoms with Crippen molar-refractivity contribution in [2.75, 3.05) is 0 Å². The summed E-state index contributed by atoms with van der Waals surface area (Å²) in [5, 5.41) is 0. The lowest BCUT2D eigenvalue weighted by Gasteiger charge is -2.24. The SMILES string of the molecule is C=CCC(CCC(C)C(C)C)C(C)CC. The zero-order valence-corrected chi connectivity index (χ0v) is 11.4. The van der Waals surface area contributed by atoms with E-state index in [1.807, 2.05) is 0 Å². The number of allylic oxidation sites excluding steroid dienone is 1. The third-order valence-electron chi connectivity index (χ3n) is 4.05. The molecule has 3 unspecified atom stereocenters. The van der Waals surface area contributed by atoms with Gasteiger partial charge in [0, 0.05) is 0 Å². The van der Waals surface area contributed by atoms with Crippen LogP contribution in [0.3, 0.4) is 0 Å². The minimum Gasteiger partial charge on any atom is -0.103 e. The van der Waals surface area contributed by atoms with E-state index >= 15 is 0 Å². The summed E-state index contributed by atoms with van der Waals surface area (Å²) in [4.78, 5) is 0. The van der Waals surface area contributed by atoms with Gasteiger partial charge in [0.15, 0.2) is 0 Å². The second kappa shape index (κ2) is 7.96. The maximum absolute atomic E-state index is 3.88. The van der Waals surface area contributed by atoms with Crippen LogP contribution in [0.15, 0.2) is 12.7 Å². The molecule has 0 aliphatic rings. The lowest BCUT2D eigenvalue weighted by Crippen LogP contribution is -2.13. The molecule has 0 aliphatic heterocycles. The molecule has 0 aliphatic carbocycles. The van der Waals surface area contributed by atoms with Crippen LogP contribution in [0.2, 0.25) is 0 Å². The molecule has 3 atom stereocenters. The molecular weight excluding hydrogens is 180 g/mol. The summed E-state index contributed by atoms with van der Waals surface area (Å²) in [7, 11) is 0. The van der Waals surface area contributed by atoms with E-state index in [1.165, 1.54) is 25.7 Å². The van der Waals surface area contributed by atoms with Crippen molar-refractivity contribution < 1.29 is 0 Å². The predicted octanol–water partition coefficient (Wildman–Crippen LogP) is 5.30. The van der Waals surface area contributed by atoms with E-state index in [0.717, 1.165) is 23.7 Å². The van der Waals surface area contributed by atoms with Gasteiger partial charge in [-0.05, 0) is 36.5 Å². The maximum atomic E-state index is 3.88. The summed E-state index contributed by atoms with van der Waals surface area (Å²) < 4.78 is 0. The standard InChI is InChI=1S/C15H30/c1-7-9-15(13(5)8-2)11-10-14(6)12(3)4/h7,12-15H,1,8-11H2,2-6H3. The Hall–Kier alpha value is -0.260. The van der Waals surface area contributed by atoms with Gasteiger partial charge in [0.2, 0.25) is 0 Å². The Bertz CT molecular complexity index is 157. The van der Waals surface area contributed by atoms with Crippen LogP contribution in [0, 0.1) is 23.7 Å². The molecule has 15 heavy (non-hydrogen) atoms. The normalized spacial score (nSPS) is 17.5. The van der Waals surface area contributed by atoms with E-state index in [0.29, 0.717) is 0 Å². The molecular formula is C15H30. The highest BCUT2D eigenvalue weighted by molar-refractivity contribution is 4.77. The molecule has 0 radical (unpaired) electrons. The molecule has 0 saturated carbocycles. The van der Waals surface area contributed by atoms with Gasteiger partial charge in [0.1, 0.15) is 0 Å². The van der Waals surface area contributed by atoms with Crippen molar-refractivity contribution in [3.8, 4) is 0 Å². The zero-order chi connectivity index (χ0) is 11.8. The van der Waals surface area contributed by atoms with Crippen LogP contribution in [0.5, 0.6) is 0 Å². The van der Waals surface area contributed by atoms with Gasteiger partial charge in [-0.15, -0.1) is 6.58 Å². The minimum atomic E-state index is 0.825. The number of rotatable bonds is 8. The summed E-state index contributed by atoms with van der Waals surface area (Å²) in [6.07, 6.45) is 7.34. The summed E-state index contributed by atoms with van der Waals surface area (Å²) in [6, 6.07) is 0. The molecule has 0 heterocycles. The van der Waals surface area contributed by atoms with E-state index in [1.54, 1.807) is 0 Å². The lowest BCUT2D eigenvalue weighted by atomic mass is 9.82. The number of hydrogen-bond acceptors (Lipinski definition) is 0. The fourth-order valence-corrected chi connectivity index (χ4v) is 1.99. The summed E-state index contributed by atoms with van der Waals surface area (Å²) in [5.74, 6) is 3.39. The zero-order valence-electron chi connectivity index (χ0n) is 11.4. The summed E-state index contributed by atoms with van der Waals surface area (Å²) in [5.41, 5.74) is 0. The molecule has 0 aromatic heterocycles. The van der Waals surface area contributed by atoms with Crippen LogP contribution < -0.4 is 0 Å². The van der Waals surface area contributed by atoms with E-state index in [2.05, 4.69) is 47.3 Å². The molecule has 0 aromatic rings. The molecule has 0 aromatic carbocycles. The highest BCUT2D eigenvalue weighted by atomic mass is 14.2. The molecule has 0 amide bonds. The molecule has 0 bridgehead atoms. The first-order valence-electron chi connectivity index (χ1n) is 6.63. The van der Waals surface area contributed by atoms with Crippen molar-refractivity contribution in [2.24, 2.45) is 23.7 Å². The first-order valence-corrected chi connectivity index (χ1v) is 6.63. The highest BCUT2D eigenvalue weighted by Crippen LogP contribution is 2.27. The van der Waals surface area contributed by atoms with Gasteiger partial charge in [0.25, 0.3) is 0 Å². The van der Waals surface area contributed by atoms with Crippen molar-refractivity contribution >= 4 is 0 Å². The van der Waals surface area contributed by atoms with E-state index in [4.69, 9.17) is 0 Å². The topological polar surface area (TPSA) is 0 Å². The number of hydrogen-bond donors (Lipinski definition) is 0. The minimum absolute atomic E-state index is 0.825. The van der Waals surface area contributed by atoms with Crippen LogP contribution in [0.4, 0.5) is 0 Å². The Morgan fingerprint density at radius 2 is 1.60 bits per heavy atom. The van der Waals surface area contributed by atoms with E-state index < -0.39 is 0 Å². The predicted molar refractivity (Wildman–Crippen MR) is 71.0 cm³/mol. The average molecular weight is 210 g/mol. The lowest BCUT2D eigenvalue weighted by molar-refractivity contribution is 0.280. The van der Waals surface area contributed by atoms with Gasteiger partial charge in [-0.2, -0.15) is 0 Å². The molecule has 0 nitrogen and oxygen atoms in total. The molecule has 0 spiro atoms. The van der Waals surface area contributed by atoms with Crippen LogP contribution in [0.25, 0.3) is 0 Å². The van der Waals surface area contributed by atoms with Crippen LogP contribution in [0.1, 0.15) is 60.3 Å². The van der Waals surface area contributed by atoms with Gasteiger partial charge in [0.05, 0.1) is 0 Å². The smallest absolute Gasteiger partial charge is 0.0322 e. The van der Waals surface area contributed by atoms with Gasteiger partial charge < -0.3 is 0 Å². The Morgan fingerprint density at radius 1 is 1.00 bits per heavy atom. The van der Waals surface area contributed by atoms with Crippen molar-refractivity contribution in [2.45, 2.75) is 60.3 Å². The first-order chi connectivity index (χ1) is 7.02. The van der Waals surface area contributed by atoms with Crippen molar-refractivity contribution in [1.82, 2.24) is 0 Å². The van der Waals surface area contributed by atoms with Gasteiger partial charge in [-0.1, -0.05) is 53.5 Å². The highest BCUT2D eigenvalue weighted by Gasteiger charge is 2.16. The second-order valence-corrected chi connectivity index (χ2v) is 5.47. The van der Waals surface area contributed by atoms with Gasteiger partial charge in [-0.3, -0.25) is 0 Å². The van der Waals surface area contributed by atoms with E-state index in [9.17, 15) is 0 Å². The Labute approximate surface area is 97.2 Å². The quantitative estimate of drug-likeness (QED) is 0.477. The monoisotopic (exact) mass is 210 g/mol. The maximum Gasteiger partial charge on any atom is -0.0322 e. The fraction of sp³-hybridized carbons (Fsp3) is 0.867. The van der Waals surface area contributed by atoms with Crippen molar-refractivity contribution in [3.05, 3.63) is 12.7 Å². The van der Waals surface area contributed by atoms with Crippen LogP contribution >= 0.6 is 0 Å². The molecule has 0 N–H and O–H groups in total. The van der Waals surface area contributed by atoms with Gasteiger partial charge >= 0.3 is 0 Å². The largest absolute Gasteiger partial charge is 0.103 e. The van der Waals surface area contributed by atoms with Gasteiger partial charge in [-0.25, -0.2) is 0 Å². The van der Waals surface area contributed by atoms with Crippen molar-refractivity contribution in [1.29, 1.82) is 0 Å².